The maximum absolute atomic E-state index is 13.1. The van der Waals surface area contributed by atoms with E-state index in [4.69, 9.17) is 0 Å². The molecule has 162 valence electrons. The fourth-order valence-corrected chi connectivity index (χ4v) is 6.72. The van der Waals surface area contributed by atoms with Crippen LogP contribution in [0, 0.1) is 17.8 Å². The summed E-state index contributed by atoms with van der Waals surface area (Å²) in [5.74, 6) is 2.71. The van der Waals surface area contributed by atoms with E-state index in [-0.39, 0.29) is 11.9 Å². The minimum atomic E-state index is -0.0180. The molecule has 6 rings (SSSR count). The number of benzene rings is 3. The number of anilines is 1. The molecular formula is C29H30N2O. The van der Waals surface area contributed by atoms with E-state index >= 15 is 0 Å². The van der Waals surface area contributed by atoms with Gasteiger partial charge in [-0.25, -0.2) is 0 Å². The predicted molar refractivity (Wildman–Crippen MR) is 129 cm³/mol. The fourth-order valence-electron chi connectivity index (χ4n) is 6.72. The van der Waals surface area contributed by atoms with Crippen molar-refractivity contribution in [3.05, 3.63) is 101 Å². The Morgan fingerprint density at radius 1 is 0.938 bits per heavy atom. The van der Waals surface area contributed by atoms with Crippen molar-refractivity contribution in [3.8, 4) is 0 Å². The van der Waals surface area contributed by atoms with Gasteiger partial charge in [-0.3, -0.25) is 4.79 Å². The van der Waals surface area contributed by atoms with Crippen molar-refractivity contribution in [1.82, 2.24) is 5.32 Å². The first-order valence-corrected chi connectivity index (χ1v) is 12.0. The number of hydrogen-bond donors (Lipinski definition) is 2. The Balaban J connectivity index is 1.31. The van der Waals surface area contributed by atoms with Gasteiger partial charge < -0.3 is 10.6 Å². The van der Waals surface area contributed by atoms with Gasteiger partial charge in [0.2, 0.25) is 0 Å². The zero-order chi connectivity index (χ0) is 21.7. The Kier molecular flexibility index (Phi) is 4.78. The summed E-state index contributed by atoms with van der Waals surface area (Å²) >= 11 is 0. The number of hydrogen-bond acceptors (Lipinski definition) is 2. The maximum atomic E-state index is 13.1. The van der Waals surface area contributed by atoms with Crippen LogP contribution in [0.15, 0.2) is 78.9 Å². The summed E-state index contributed by atoms with van der Waals surface area (Å²) in [7, 11) is 0. The summed E-state index contributed by atoms with van der Waals surface area (Å²) in [6.45, 7) is 2.05. The van der Waals surface area contributed by atoms with Gasteiger partial charge >= 0.3 is 0 Å². The first-order chi connectivity index (χ1) is 15.7. The van der Waals surface area contributed by atoms with E-state index < -0.39 is 0 Å². The molecule has 32 heavy (non-hydrogen) atoms. The quantitative estimate of drug-likeness (QED) is 0.506. The highest BCUT2D eigenvalue weighted by Crippen LogP contribution is 2.63. The second-order valence-corrected chi connectivity index (χ2v) is 9.88. The van der Waals surface area contributed by atoms with Gasteiger partial charge in [-0.1, -0.05) is 60.7 Å². The van der Waals surface area contributed by atoms with E-state index in [1.54, 1.807) is 0 Å². The minimum Gasteiger partial charge on any atom is -0.378 e. The van der Waals surface area contributed by atoms with Crippen LogP contribution in [-0.2, 0) is 0 Å². The van der Waals surface area contributed by atoms with Crippen molar-refractivity contribution in [1.29, 1.82) is 0 Å². The number of nitrogens with one attached hydrogen (secondary N) is 2. The van der Waals surface area contributed by atoms with E-state index in [0.717, 1.165) is 23.0 Å². The topological polar surface area (TPSA) is 41.1 Å². The molecule has 3 nitrogen and oxygen atoms in total. The van der Waals surface area contributed by atoms with Crippen LogP contribution in [0.5, 0.6) is 0 Å². The molecule has 2 saturated carbocycles. The largest absolute Gasteiger partial charge is 0.378 e. The van der Waals surface area contributed by atoms with E-state index in [0.29, 0.717) is 17.9 Å². The maximum Gasteiger partial charge on any atom is 0.251 e. The molecule has 0 spiro atoms. The lowest BCUT2D eigenvalue weighted by Gasteiger charge is -2.43. The van der Waals surface area contributed by atoms with Crippen LogP contribution in [0.25, 0.3) is 0 Å². The summed E-state index contributed by atoms with van der Waals surface area (Å²) in [6.07, 6.45) is 4.01. The third kappa shape index (κ3) is 3.23. The standard InChI is InChI=1S/C29H30N2O/c1-18(19-8-4-2-5-9-19)30-29(32)23-14-15-25-24(17-23)26-21-12-13-22(16-21)27(26)28(31-25)20-10-6-3-7-11-20/h2-11,14-15,17-18,21-22,26-28,31H,12-13,16H2,1H3,(H,30,32)/t18-,21-,22-,26-,27+,28-/m0/s1. The van der Waals surface area contributed by atoms with Gasteiger partial charge in [0.1, 0.15) is 0 Å². The van der Waals surface area contributed by atoms with Crippen LogP contribution < -0.4 is 10.6 Å². The molecule has 0 saturated heterocycles. The third-order valence-corrected chi connectivity index (χ3v) is 8.16. The van der Waals surface area contributed by atoms with Crippen molar-refractivity contribution in [2.45, 2.75) is 44.2 Å². The van der Waals surface area contributed by atoms with Crippen molar-refractivity contribution >= 4 is 11.6 Å². The second kappa shape index (κ2) is 7.81. The smallest absolute Gasteiger partial charge is 0.251 e. The highest BCUT2D eigenvalue weighted by atomic mass is 16.1. The van der Waals surface area contributed by atoms with Crippen LogP contribution in [0.2, 0.25) is 0 Å². The number of rotatable bonds is 4. The average Bonchev–Trinajstić information content (AvgIpc) is 3.47. The molecule has 3 aromatic rings. The van der Waals surface area contributed by atoms with Crippen molar-refractivity contribution < 1.29 is 4.79 Å². The van der Waals surface area contributed by atoms with E-state index in [1.165, 1.54) is 36.1 Å². The molecule has 3 heteroatoms. The van der Waals surface area contributed by atoms with E-state index in [1.807, 2.05) is 31.2 Å². The zero-order valence-corrected chi connectivity index (χ0v) is 18.5. The molecule has 1 amide bonds. The summed E-state index contributed by atoms with van der Waals surface area (Å²) in [5.41, 5.74) is 5.85. The lowest BCUT2D eigenvalue weighted by atomic mass is 9.68. The Bertz CT molecular complexity index is 1130. The second-order valence-electron chi connectivity index (χ2n) is 9.88. The number of fused-ring (bicyclic) bond motifs is 7. The molecule has 2 bridgehead atoms. The number of carbonyl (C=O) groups is 1. The molecule has 0 radical (unpaired) electrons. The molecular weight excluding hydrogens is 392 g/mol. The Morgan fingerprint density at radius 2 is 1.66 bits per heavy atom. The van der Waals surface area contributed by atoms with Crippen LogP contribution >= 0.6 is 0 Å². The molecule has 2 N–H and O–H groups in total. The van der Waals surface area contributed by atoms with Gasteiger partial charge in [-0.05, 0) is 84.7 Å². The summed E-state index contributed by atoms with van der Waals surface area (Å²) < 4.78 is 0. The van der Waals surface area contributed by atoms with Crippen molar-refractivity contribution in [3.63, 3.8) is 0 Å². The molecule has 0 aromatic heterocycles. The van der Waals surface area contributed by atoms with Gasteiger partial charge in [0.25, 0.3) is 5.91 Å². The van der Waals surface area contributed by atoms with Crippen molar-refractivity contribution in [2.24, 2.45) is 17.8 Å². The molecule has 3 aromatic carbocycles. The van der Waals surface area contributed by atoms with Crippen LogP contribution in [-0.4, -0.2) is 5.91 Å². The zero-order valence-electron chi connectivity index (χ0n) is 18.5. The lowest BCUT2D eigenvalue weighted by molar-refractivity contribution is 0.0939. The van der Waals surface area contributed by atoms with E-state index in [9.17, 15) is 4.79 Å². The normalized spacial score (nSPS) is 28.3. The first-order valence-electron chi connectivity index (χ1n) is 12.0. The van der Waals surface area contributed by atoms with Gasteiger partial charge in [0.15, 0.2) is 0 Å². The summed E-state index contributed by atoms with van der Waals surface area (Å²) in [4.78, 5) is 13.1. The van der Waals surface area contributed by atoms with Gasteiger partial charge in [0, 0.05) is 11.3 Å². The minimum absolute atomic E-state index is 0.00837. The van der Waals surface area contributed by atoms with Gasteiger partial charge in [-0.15, -0.1) is 0 Å². The molecule has 1 heterocycles. The van der Waals surface area contributed by atoms with Gasteiger partial charge in [0.05, 0.1) is 12.1 Å². The summed E-state index contributed by atoms with van der Waals surface area (Å²) in [6, 6.07) is 27.7. The summed E-state index contributed by atoms with van der Waals surface area (Å²) in [5, 5.41) is 7.06. The molecule has 6 atom stereocenters. The Morgan fingerprint density at radius 3 is 2.44 bits per heavy atom. The lowest BCUT2D eigenvalue weighted by Crippen LogP contribution is -2.36. The Labute approximate surface area is 190 Å². The van der Waals surface area contributed by atoms with Gasteiger partial charge in [-0.2, -0.15) is 0 Å². The number of amides is 1. The Hall–Kier alpha value is -3.07. The highest BCUT2D eigenvalue weighted by Gasteiger charge is 2.53. The first kappa shape index (κ1) is 19.6. The van der Waals surface area contributed by atoms with Crippen LogP contribution in [0.1, 0.15) is 71.2 Å². The SMILES string of the molecule is C[C@H](NC(=O)c1ccc2c(c1)[C@@H]1[C@H]3CC[C@@H](C3)[C@H]1[C@H](c1ccccc1)N2)c1ccccc1. The molecule has 3 aliphatic rings. The average molecular weight is 423 g/mol. The molecule has 0 unspecified atom stereocenters. The monoisotopic (exact) mass is 422 g/mol. The predicted octanol–water partition coefficient (Wildman–Crippen LogP) is 6.47. The van der Waals surface area contributed by atoms with Crippen LogP contribution in [0.3, 0.4) is 0 Å². The molecule has 2 aliphatic carbocycles. The van der Waals surface area contributed by atoms with Crippen LogP contribution in [0.4, 0.5) is 5.69 Å². The molecule has 2 fully saturated rings. The third-order valence-electron chi connectivity index (χ3n) is 8.16. The molecule has 1 aliphatic heterocycles. The highest BCUT2D eigenvalue weighted by molar-refractivity contribution is 5.95. The number of carbonyl (C=O) groups excluding carboxylic acids is 1. The van der Waals surface area contributed by atoms with Crippen molar-refractivity contribution in [2.75, 3.05) is 5.32 Å². The van der Waals surface area contributed by atoms with E-state index in [2.05, 4.69) is 65.2 Å². The fraction of sp³-hybridized carbons (Fsp3) is 0.345.